The fraction of sp³-hybridized carbons (Fsp3) is 0.125. The highest BCUT2D eigenvalue weighted by Crippen LogP contribution is 2.33. The molecule has 0 radical (unpaired) electrons. The van der Waals surface area contributed by atoms with Crippen LogP contribution in [0.3, 0.4) is 0 Å². The van der Waals surface area contributed by atoms with Gasteiger partial charge < -0.3 is 9.30 Å². The Balaban J connectivity index is 1.69. The van der Waals surface area contributed by atoms with E-state index >= 15 is 0 Å². The molecule has 0 aliphatic heterocycles. The predicted molar refractivity (Wildman–Crippen MR) is 134 cm³/mol. The van der Waals surface area contributed by atoms with Crippen LogP contribution in [-0.2, 0) is 6.54 Å². The summed E-state index contributed by atoms with van der Waals surface area (Å²) in [6.07, 6.45) is 1.61. The van der Waals surface area contributed by atoms with Gasteiger partial charge in [-0.1, -0.05) is 23.7 Å². The van der Waals surface area contributed by atoms with E-state index in [0.29, 0.717) is 33.8 Å². The first kappa shape index (κ1) is 23.5. The Morgan fingerprint density at radius 1 is 1.15 bits per heavy atom. The maximum Gasteiger partial charge on any atom is 0.270 e. The largest absolute Gasteiger partial charge is 0.497 e. The van der Waals surface area contributed by atoms with E-state index in [4.69, 9.17) is 16.3 Å². The summed E-state index contributed by atoms with van der Waals surface area (Å²) in [6, 6.07) is 19.3. The zero-order chi connectivity index (χ0) is 24.1. The molecule has 0 N–H and O–H groups in total. The smallest absolute Gasteiger partial charge is 0.270 e. The molecule has 0 fully saturated rings. The number of benzene rings is 3. The van der Waals surface area contributed by atoms with Gasteiger partial charge in [0.1, 0.15) is 5.75 Å². The number of non-ortho nitro benzene ring substituents is 1. The van der Waals surface area contributed by atoms with Gasteiger partial charge in [0.2, 0.25) is 0 Å². The number of rotatable bonds is 8. The van der Waals surface area contributed by atoms with E-state index in [-0.39, 0.29) is 5.69 Å². The van der Waals surface area contributed by atoms with Crippen molar-refractivity contribution in [1.29, 1.82) is 0 Å². The number of aliphatic imine (C=N–C) groups is 1. The van der Waals surface area contributed by atoms with Crippen molar-refractivity contribution in [3.8, 4) is 17.1 Å². The summed E-state index contributed by atoms with van der Waals surface area (Å²) >= 11 is 7.52. The molecule has 8 nitrogen and oxygen atoms in total. The SMILES string of the molecule is CCn1c(Sc2ccc([N+](=O)[O-])cc2C=Nc2ccc(OC)cc2)nnc1-c1cccc(Cl)c1. The van der Waals surface area contributed by atoms with E-state index in [2.05, 4.69) is 15.2 Å². The molecule has 0 amide bonds. The second kappa shape index (κ2) is 10.5. The average molecular weight is 494 g/mol. The van der Waals surface area contributed by atoms with Gasteiger partial charge in [-0.2, -0.15) is 0 Å². The van der Waals surface area contributed by atoms with Crippen LogP contribution in [0.2, 0.25) is 5.02 Å². The molecule has 172 valence electrons. The third-order valence-corrected chi connectivity index (χ3v) is 6.26. The van der Waals surface area contributed by atoms with E-state index in [1.54, 1.807) is 37.6 Å². The molecule has 0 spiro atoms. The number of methoxy groups -OCH3 is 1. The highest BCUT2D eigenvalue weighted by molar-refractivity contribution is 7.99. The quantitative estimate of drug-likeness (QED) is 0.159. The van der Waals surface area contributed by atoms with Gasteiger partial charge in [-0.05, 0) is 61.2 Å². The first-order valence-corrected chi connectivity index (χ1v) is 11.5. The standard InChI is InChI=1S/C24H20ClN5O3S/c1-3-29-23(16-5-4-6-18(25)13-16)27-28-24(29)34-22-12-9-20(30(31)32)14-17(22)15-26-19-7-10-21(33-2)11-8-19/h4-15H,3H2,1-2H3. The fourth-order valence-electron chi connectivity index (χ4n) is 3.24. The number of aromatic nitrogens is 3. The van der Waals surface area contributed by atoms with Gasteiger partial charge in [0.05, 0.1) is 17.7 Å². The van der Waals surface area contributed by atoms with Crippen molar-refractivity contribution < 1.29 is 9.66 Å². The summed E-state index contributed by atoms with van der Waals surface area (Å²) in [5, 5.41) is 21.4. The Morgan fingerprint density at radius 3 is 2.62 bits per heavy atom. The summed E-state index contributed by atoms with van der Waals surface area (Å²) in [5.41, 5.74) is 2.14. The Bertz CT molecular complexity index is 1360. The summed E-state index contributed by atoms with van der Waals surface area (Å²) in [6.45, 7) is 2.64. The Morgan fingerprint density at radius 2 is 1.94 bits per heavy atom. The Labute approximate surface area is 205 Å². The van der Waals surface area contributed by atoms with Crippen LogP contribution in [0.4, 0.5) is 11.4 Å². The van der Waals surface area contributed by atoms with Gasteiger partial charge in [0, 0.05) is 45.9 Å². The molecule has 10 heteroatoms. The molecule has 34 heavy (non-hydrogen) atoms. The van der Waals surface area contributed by atoms with Gasteiger partial charge in [-0.3, -0.25) is 15.1 Å². The molecule has 4 aromatic rings. The van der Waals surface area contributed by atoms with Gasteiger partial charge in [-0.25, -0.2) is 0 Å². The molecule has 0 bridgehead atoms. The van der Waals surface area contributed by atoms with E-state index in [1.165, 1.54) is 23.9 Å². The van der Waals surface area contributed by atoms with Crippen LogP contribution in [0.1, 0.15) is 12.5 Å². The number of nitro benzene ring substituents is 1. The lowest BCUT2D eigenvalue weighted by Crippen LogP contribution is -2.00. The zero-order valence-corrected chi connectivity index (χ0v) is 20.0. The number of halogens is 1. The van der Waals surface area contributed by atoms with Crippen molar-refractivity contribution in [3.05, 3.63) is 87.4 Å². The van der Waals surface area contributed by atoms with Crippen LogP contribution in [0, 0.1) is 10.1 Å². The highest BCUT2D eigenvalue weighted by atomic mass is 35.5. The van der Waals surface area contributed by atoms with Crippen LogP contribution < -0.4 is 4.74 Å². The average Bonchev–Trinajstić information content (AvgIpc) is 3.26. The van der Waals surface area contributed by atoms with Gasteiger partial charge >= 0.3 is 0 Å². The summed E-state index contributed by atoms with van der Waals surface area (Å²) in [7, 11) is 1.59. The zero-order valence-electron chi connectivity index (χ0n) is 18.4. The second-order valence-corrected chi connectivity index (χ2v) is 8.54. The summed E-state index contributed by atoms with van der Waals surface area (Å²) < 4.78 is 7.14. The van der Waals surface area contributed by atoms with Crippen LogP contribution >= 0.6 is 23.4 Å². The van der Waals surface area contributed by atoms with Crippen LogP contribution in [-0.4, -0.2) is 33.0 Å². The van der Waals surface area contributed by atoms with Crippen LogP contribution in [0.25, 0.3) is 11.4 Å². The van der Waals surface area contributed by atoms with Crippen molar-refractivity contribution in [1.82, 2.24) is 14.8 Å². The number of nitrogens with zero attached hydrogens (tertiary/aromatic N) is 5. The minimum Gasteiger partial charge on any atom is -0.497 e. The van der Waals surface area contributed by atoms with Gasteiger partial charge in [-0.15, -0.1) is 10.2 Å². The van der Waals surface area contributed by atoms with Crippen molar-refractivity contribution in [2.45, 2.75) is 23.5 Å². The van der Waals surface area contributed by atoms with Crippen molar-refractivity contribution in [2.75, 3.05) is 7.11 Å². The molecule has 1 heterocycles. The van der Waals surface area contributed by atoms with Crippen LogP contribution in [0.15, 0.2) is 81.8 Å². The maximum absolute atomic E-state index is 11.4. The number of hydrogen-bond donors (Lipinski definition) is 0. The number of hydrogen-bond acceptors (Lipinski definition) is 7. The molecular formula is C24H20ClN5O3S. The van der Waals surface area contributed by atoms with E-state index in [0.717, 1.165) is 16.2 Å². The second-order valence-electron chi connectivity index (χ2n) is 7.10. The lowest BCUT2D eigenvalue weighted by atomic mass is 10.2. The molecule has 3 aromatic carbocycles. The third kappa shape index (κ3) is 5.27. The molecule has 0 saturated heterocycles. The molecule has 4 rings (SSSR count). The minimum absolute atomic E-state index is 0.0166. The van der Waals surface area contributed by atoms with E-state index < -0.39 is 4.92 Å². The first-order valence-electron chi connectivity index (χ1n) is 10.3. The van der Waals surface area contributed by atoms with Gasteiger partial charge in [0.25, 0.3) is 5.69 Å². The minimum atomic E-state index is -0.426. The predicted octanol–water partition coefficient (Wildman–Crippen LogP) is 6.44. The van der Waals surface area contributed by atoms with E-state index in [9.17, 15) is 10.1 Å². The van der Waals surface area contributed by atoms with Gasteiger partial charge in [0.15, 0.2) is 11.0 Å². The molecule has 0 unspecified atom stereocenters. The number of ether oxygens (including phenoxy) is 1. The monoisotopic (exact) mass is 493 g/mol. The summed E-state index contributed by atoms with van der Waals surface area (Å²) in [5.74, 6) is 1.42. The topological polar surface area (TPSA) is 95.4 Å². The molecule has 0 aliphatic rings. The fourth-order valence-corrected chi connectivity index (χ4v) is 4.40. The highest BCUT2D eigenvalue weighted by Gasteiger charge is 2.17. The molecule has 0 atom stereocenters. The van der Waals surface area contributed by atoms with Crippen LogP contribution in [0.5, 0.6) is 5.75 Å². The first-order chi connectivity index (χ1) is 16.5. The summed E-state index contributed by atoms with van der Waals surface area (Å²) in [4.78, 5) is 16.2. The molecule has 0 aliphatic carbocycles. The van der Waals surface area contributed by atoms with E-state index in [1.807, 2.05) is 41.8 Å². The van der Waals surface area contributed by atoms with Crippen molar-refractivity contribution >= 4 is 41.0 Å². The lowest BCUT2D eigenvalue weighted by molar-refractivity contribution is -0.384. The molecule has 1 aromatic heterocycles. The van der Waals surface area contributed by atoms with Crippen molar-refractivity contribution in [2.24, 2.45) is 4.99 Å². The Hall–Kier alpha value is -3.69. The molecular weight excluding hydrogens is 474 g/mol. The Kier molecular flexibility index (Phi) is 7.24. The lowest BCUT2D eigenvalue weighted by Gasteiger charge is -2.09. The molecule has 0 saturated carbocycles. The normalized spacial score (nSPS) is 11.1. The van der Waals surface area contributed by atoms with Crippen molar-refractivity contribution in [3.63, 3.8) is 0 Å². The third-order valence-electron chi connectivity index (χ3n) is 4.95. The number of nitro groups is 1. The maximum atomic E-state index is 11.4.